The lowest BCUT2D eigenvalue weighted by atomic mass is 10.1. The molecular weight excluding hydrogens is 569 g/mol. The molecule has 0 aliphatic heterocycles. The largest absolute Gasteiger partial charge is 0.354 e. The Morgan fingerprint density at radius 3 is 2.25 bits per heavy atom. The fourth-order valence-electron chi connectivity index (χ4n) is 4.24. The smallest absolute Gasteiger partial charge is 0.264 e. The first-order valence-corrected chi connectivity index (χ1v) is 15.5. The molecule has 0 saturated heterocycles. The van der Waals surface area contributed by atoms with Gasteiger partial charge in [0.1, 0.15) is 12.6 Å². The van der Waals surface area contributed by atoms with Crippen molar-refractivity contribution in [3.63, 3.8) is 0 Å². The van der Waals surface area contributed by atoms with Gasteiger partial charge in [0.15, 0.2) is 0 Å². The molecule has 3 rings (SSSR count). The molecule has 1 atom stereocenters. The van der Waals surface area contributed by atoms with Crippen LogP contribution in [0.25, 0.3) is 0 Å². The van der Waals surface area contributed by atoms with Crippen LogP contribution in [0.3, 0.4) is 0 Å². The molecule has 10 heteroatoms. The third kappa shape index (κ3) is 7.77. The summed E-state index contributed by atoms with van der Waals surface area (Å²) in [6, 6.07) is 19.1. The Morgan fingerprint density at radius 1 is 0.925 bits per heavy atom. The summed E-state index contributed by atoms with van der Waals surface area (Å²) in [5, 5.41) is 3.65. The molecule has 0 fully saturated rings. The van der Waals surface area contributed by atoms with Gasteiger partial charge in [-0.15, -0.1) is 0 Å². The zero-order chi connectivity index (χ0) is 29.3. The zero-order valence-corrected chi connectivity index (χ0v) is 25.3. The number of amides is 2. The maximum absolute atomic E-state index is 14.0. The van der Waals surface area contributed by atoms with E-state index in [4.69, 9.17) is 23.2 Å². The number of nitrogens with zero attached hydrogens (tertiary/aromatic N) is 2. The molecule has 7 nitrogen and oxygen atoms in total. The van der Waals surface area contributed by atoms with Gasteiger partial charge in [-0.2, -0.15) is 0 Å². The highest BCUT2D eigenvalue weighted by Crippen LogP contribution is 2.29. The van der Waals surface area contributed by atoms with Crippen molar-refractivity contribution in [2.75, 3.05) is 17.4 Å². The summed E-state index contributed by atoms with van der Waals surface area (Å²) >= 11 is 12.5. The van der Waals surface area contributed by atoms with Gasteiger partial charge in [-0.25, -0.2) is 8.42 Å². The quantitative estimate of drug-likeness (QED) is 0.240. The summed E-state index contributed by atoms with van der Waals surface area (Å²) < 4.78 is 29.0. The van der Waals surface area contributed by atoms with Gasteiger partial charge < -0.3 is 10.2 Å². The van der Waals surface area contributed by atoms with E-state index < -0.39 is 28.5 Å². The van der Waals surface area contributed by atoms with Crippen molar-refractivity contribution in [2.45, 2.75) is 57.5 Å². The van der Waals surface area contributed by atoms with E-state index in [9.17, 15) is 18.0 Å². The third-order valence-electron chi connectivity index (χ3n) is 6.60. The van der Waals surface area contributed by atoms with Crippen LogP contribution in [0.5, 0.6) is 0 Å². The molecule has 0 unspecified atom stereocenters. The van der Waals surface area contributed by atoms with E-state index in [0.29, 0.717) is 34.3 Å². The summed E-state index contributed by atoms with van der Waals surface area (Å²) in [6.45, 7) is 5.52. The Balaban J connectivity index is 2.05. The van der Waals surface area contributed by atoms with Crippen molar-refractivity contribution in [3.05, 3.63) is 94.0 Å². The van der Waals surface area contributed by atoms with Crippen LogP contribution in [0, 0.1) is 0 Å². The number of aryl methyl sites for hydroxylation is 1. The maximum Gasteiger partial charge on any atom is 0.264 e. The molecule has 2 amide bonds. The molecule has 40 heavy (non-hydrogen) atoms. The average molecular weight is 605 g/mol. The summed E-state index contributed by atoms with van der Waals surface area (Å²) in [5.41, 5.74) is 1.76. The number of nitrogens with one attached hydrogen (secondary N) is 1. The number of unbranched alkanes of at least 4 members (excludes halogenated alkanes) is 1. The molecule has 1 N–H and O–H groups in total. The minimum atomic E-state index is -4.12. The van der Waals surface area contributed by atoms with Gasteiger partial charge in [-0.3, -0.25) is 13.9 Å². The number of hydrogen-bond acceptors (Lipinski definition) is 4. The predicted octanol–water partition coefficient (Wildman–Crippen LogP) is 6.08. The summed E-state index contributed by atoms with van der Waals surface area (Å²) in [6.07, 6.45) is 2.26. The number of hydrogen-bond donors (Lipinski definition) is 1. The Morgan fingerprint density at radius 2 is 1.60 bits per heavy atom. The second-order valence-electron chi connectivity index (χ2n) is 9.38. The second kappa shape index (κ2) is 14.5. The van der Waals surface area contributed by atoms with Gasteiger partial charge in [-0.1, -0.05) is 85.9 Å². The van der Waals surface area contributed by atoms with E-state index in [0.717, 1.165) is 22.7 Å². The van der Waals surface area contributed by atoms with Crippen molar-refractivity contribution in [2.24, 2.45) is 0 Å². The van der Waals surface area contributed by atoms with Crippen molar-refractivity contribution in [1.82, 2.24) is 10.2 Å². The molecule has 0 spiro atoms. The van der Waals surface area contributed by atoms with Crippen LogP contribution in [0.4, 0.5) is 5.69 Å². The van der Waals surface area contributed by atoms with Crippen LogP contribution in [0.2, 0.25) is 10.0 Å². The van der Waals surface area contributed by atoms with Crippen molar-refractivity contribution in [1.29, 1.82) is 0 Å². The lowest BCUT2D eigenvalue weighted by Gasteiger charge is -2.32. The molecule has 0 bridgehead atoms. The minimum absolute atomic E-state index is 0.00809. The summed E-state index contributed by atoms with van der Waals surface area (Å²) in [5.74, 6) is -0.882. The van der Waals surface area contributed by atoms with Crippen LogP contribution in [0.15, 0.2) is 77.7 Å². The molecule has 0 aromatic heterocycles. The number of carbonyl (C=O) groups is 2. The molecule has 0 saturated carbocycles. The molecule has 0 aliphatic rings. The first-order valence-electron chi connectivity index (χ1n) is 13.3. The number of para-hydroxylation sites is 1. The van der Waals surface area contributed by atoms with Gasteiger partial charge in [0.05, 0.1) is 10.6 Å². The lowest BCUT2D eigenvalue weighted by molar-refractivity contribution is -0.139. The second-order valence-corrected chi connectivity index (χ2v) is 12.1. The Kier molecular flexibility index (Phi) is 11.4. The Bertz CT molecular complexity index is 1420. The van der Waals surface area contributed by atoms with Crippen molar-refractivity contribution >= 4 is 50.7 Å². The molecule has 0 radical (unpaired) electrons. The van der Waals surface area contributed by atoms with E-state index in [2.05, 4.69) is 5.32 Å². The fraction of sp³-hybridized carbons (Fsp3) is 0.333. The summed E-state index contributed by atoms with van der Waals surface area (Å²) in [4.78, 5) is 28.5. The molecule has 0 heterocycles. The van der Waals surface area contributed by atoms with Crippen LogP contribution < -0.4 is 9.62 Å². The number of sulfonamides is 1. The first kappa shape index (κ1) is 31.5. The third-order valence-corrected chi connectivity index (χ3v) is 8.96. The van der Waals surface area contributed by atoms with Crippen molar-refractivity contribution in [3.8, 4) is 0 Å². The zero-order valence-electron chi connectivity index (χ0n) is 22.9. The number of rotatable bonds is 13. The monoisotopic (exact) mass is 603 g/mol. The molecule has 214 valence electrons. The number of halogens is 2. The van der Waals surface area contributed by atoms with Crippen LogP contribution >= 0.6 is 23.2 Å². The lowest BCUT2D eigenvalue weighted by Crippen LogP contribution is -2.51. The number of carbonyl (C=O) groups excluding carboxylic acids is 2. The van der Waals surface area contributed by atoms with E-state index in [1.54, 1.807) is 55.5 Å². The topological polar surface area (TPSA) is 86.8 Å². The SMILES string of the molecule is CCCCNC(=O)[C@H](C)N(Cc1ccc(Cl)cc1Cl)C(=O)CN(c1ccccc1CC)S(=O)(=O)c1ccccc1. The standard InChI is InChI=1S/C30H35Cl2N3O4S/c1-4-6-18-33-30(37)22(3)34(20-24-16-17-25(31)19-27(24)32)29(36)21-35(28-15-11-10-12-23(28)5-2)40(38,39)26-13-8-7-9-14-26/h7-17,19,22H,4-6,18,20-21H2,1-3H3,(H,33,37)/t22-/m0/s1. The van der Waals surface area contributed by atoms with E-state index in [1.807, 2.05) is 26.0 Å². The Labute approximate surface area is 247 Å². The van der Waals surface area contributed by atoms with Crippen molar-refractivity contribution < 1.29 is 18.0 Å². The highest BCUT2D eigenvalue weighted by Gasteiger charge is 2.33. The van der Waals surface area contributed by atoms with Gasteiger partial charge in [-0.05, 0) is 61.2 Å². The van der Waals surface area contributed by atoms with Gasteiger partial charge in [0.2, 0.25) is 11.8 Å². The fourth-order valence-corrected chi connectivity index (χ4v) is 6.18. The maximum atomic E-state index is 14.0. The average Bonchev–Trinajstić information content (AvgIpc) is 2.95. The molecule has 3 aromatic carbocycles. The predicted molar refractivity (Wildman–Crippen MR) is 161 cm³/mol. The molecule has 0 aliphatic carbocycles. The minimum Gasteiger partial charge on any atom is -0.354 e. The summed E-state index contributed by atoms with van der Waals surface area (Å²) in [7, 11) is -4.12. The number of benzene rings is 3. The Hall–Kier alpha value is -3.07. The van der Waals surface area contributed by atoms with Gasteiger partial charge in [0.25, 0.3) is 10.0 Å². The van der Waals surface area contributed by atoms with E-state index in [-0.39, 0.29) is 17.3 Å². The number of anilines is 1. The normalized spacial score (nSPS) is 12.0. The van der Waals surface area contributed by atoms with Crippen LogP contribution in [-0.4, -0.2) is 44.3 Å². The first-order chi connectivity index (χ1) is 19.1. The van der Waals surface area contributed by atoms with Crippen LogP contribution in [0.1, 0.15) is 44.7 Å². The highest BCUT2D eigenvalue weighted by molar-refractivity contribution is 7.92. The molecule has 3 aromatic rings. The van der Waals surface area contributed by atoms with E-state index >= 15 is 0 Å². The van der Waals surface area contributed by atoms with Gasteiger partial charge >= 0.3 is 0 Å². The van der Waals surface area contributed by atoms with E-state index in [1.165, 1.54) is 17.0 Å². The van der Waals surface area contributed by atoms with Gasteiger partial charge in [0, 0.05) is 23.1 Å². The molecular formula is C30H35Cl2N3O4S. The highest BCUT2D eigenvalue weighted by atomic mass is 35.5. The van der Waals surface area contributed by atoms with Crippen LogP contribution in [-0.2, 0) is 32.6 Å².